The smallest absolute Gasteiger partial charge is 0.244 e. The van der Waals surface area contributed by atoms with Gasteiger partial charge in [0.15, 0.2) is 0 Å². The first kappa shape index (κ1) is 17.7. The molecule has 0 atom stereocenters. The van der Waals surface area contributed by atoms with Gasteiger partial charge in [-0.1, -0.05) is 24.3 Å². The van der Waals surface area contributed by atoms with Gasteiger partial charge in [0.2, 0.25) is 11.8 Å². The second kappa shape index (κ2) is 8.34. The van der Waals surface area contributed by atoms with Crippen LogP contribution >= 0.6 is 0 Å². The van der Waals surface area contributed by atoms with Crippen molar-refractivity contribution in [3.63, 3.8) is 0 Å². The van der Waals surface area contributed by atoms with Crippen LogP contribution < -0.4 is 15.0 Å². The van der Waals surface area contributed by atoms with E-state index in [1.807, 2.05) is 48.5 Å². The molecule has 1 N–H and O–H groups in total. The third-order valence-corrected chi connectivity index (χ3v) is 4.33. The quantitative estimate of drug-likeness (QED) is 0.814. The first-order chi connectivity index (χ1) is 12.7. The van der Waals surface area contributed by atoms with E-state index in [1.54, 1.807) is 18.1 Å². The third kappa shape index (κ3) is 4.51. The van der Waals surface area contributed by atoms with E-state index in [2.05, 4.69) is 5.32 Å². The van der Waals surface area contributed by atoms with Gasteiger partial charge in [-0.3, -0.25) is 9.59 Å². The Hall–Kier alpha value is -3.08. The van der Waals surface area contributed by atoms with Crippen LogP contribution in [-0.4, -0.2) is 25.5 Å². The van der Waals surface area contributed by atoms with Crippen molar-refractivity contribution in [2.45, 2.75) is 19.4 Å². The zero-order chi connectivity index (χ0) is 18.4. The van der Waals surface area contributed by atoms with Crippen molar-refractivity contribution in [2.24, 2.45) is 0 Å². The molecule has 26 heavy (non-hydrogen) atoms. The first-order valence-electron chi connectivity index (χ1n) is 8.65. The Bertz CT molecular complexity index is 795. The lowest BCUT2D eigenvalue weighted by Crippen LogP contribution is -2.23. The summed E-state index contributed by atoms with van der Waals surface area (Å²) >= 11 is 0. The minimum atomic E-state index is -0.153. The highest BCUT2D eigenvalue weighted by molar-refractivity contribution is 5.95. The normalized spacial score (nSPS) is 14.0. The maximum atomic E-state index is 12.0. The highest BCUT2D eigenvalue weighted by atomic mass is 16.5. The largest absolute Gasteiger partial charge is 0.497 e. The molecule has 2 aromatic carbocycles. The fourth-order valence-corrected chi connectivity index (χ4v) is 2.85. The van der Waals surface area contributed by atoms with Crippen LogP contribution in [0.25, 0.3) is 6.08 Å². The van der Waals surface area contributed by atoms with Crippen molar-refractivity contribution in [1.29, 1.82) is 0 Å². The van der Waals surface area contributed by atoms with E-state index >= 15 is 0 Å². The van der Waals surface area contributed by atoms with Crippen molar-refractivity contribution in [2.75, 3.05) is 18.6 Å². The third-order valence-electron chi connectivity index (χ3n) is 4.33. The van der Waals surface area contributed by atoms with Crippen LogP contribution in [-0.2, 0) is 16.1 Å². The lowest BCUT2D eigenvalue weighted by molar-refractivity contribution is -0.117. The minimum absolute atomic E-state index is 0.153. The summed E-state index contributed by atoms with van der Waals surface area (Å²) in [5, 5.41) is 2.86. The summed E-state index contributed by atoms with van der Waals surface area (Å²) in [6.07, 6.45) is 4.81. The van der Waals surface area contributed by atoms with E-state index in [0.717, 1.165) is 35.5 Å². The molecule has 2 amide bonds. The van der Waals surface area contributed by atoms with Gasteiger partial charge in [0.1, 0.15) is 5.75 Å². The molecule has 2 aromatic rings. The van der Waals surface area contributed by atoms with Gasteiger partial charge < -0.3 is 15.0 Å². The molecule has 0 unspecified atom stereocenters. The van der Waals surface area contributed by atoms with E-state index in [9.17, 15) is 9.59 Å². The summed E-state index contributed by atoms with van der Waals surface area (Å²) in [6, 6.07) is 15.2. The molecule has 1 saturated heterocycles. The van der Waals surface area contributed by atoms with Gasteiger partial charge in [-0.2, -0.15) is 0 Å². The molecule has 0 radical (unpaired) electrons. The fraction of sp³-hybridized carbons (Fsp3) is 0.238. The second-order valence-electron chi connectivity index (χ2n) is 6.14. The van der Waals surface area contributed by atoms with Gasteiger partial charge in [0, 0.05) is 31.3 Å². The number of hydrogen-bond donors (Lipinski definition) is 1. The standard InChI is InChI=1S/C21H22N2O3/c1-26-19-11-6-16(7-12-19)8-13-20(24)22-15-17-4-9-18(10-5-17)23-14-2-3-21(23)25/h4-13H,2-3,14-15H2,1H3,(H,22,24)/b13-8+. The monoisotopic (exact) mass is 350 g/mol. The van der Waals surface area contributed by atoms with E-state index in [1.165, 1.54) is 6.08 Å². The SMILES string of the molecule is COc1ccc(/C=C/C(=O)NCc2ccc(N3CCCC3=O)cc2)cc1. The van der Waals surface area contributed by atoms with Crippen LogP contribution in [0.3, 0.4) is 0 Å². The van der Waals surface area contributed by atoms with Crippen LogP contribution in [0.1, 0.15) is 24.0 Å². The molecule has 3 rings (SSSR count). The maximum absolute atomic E-state index is 12.0. The second-order valence-corrected chi connectivity index (χ2v) is 6.14. The lowest BCUT2D eigenvalue weighted by atomic mass is 10.2. The summed E-state index contributed by atoms with van der Waals surface area (Å²) in [6.45, 7) is 1.23. The molecule has 0 spiro atoms. The van der Waals surface area contributed by atoms with E-state index < -0.39 is 0 Å². The van der Waals surface area contributed by atoms with Crippen LogP contribution in [0.15, 0.2) is 54.6 Å². The molecular formula is C21H22N2O3. The fourth-order valence-electron chi connectivity index (χ4n) is 2.85. The Kier molecular flexibility index (Phi) is 5.69. The molecule has 5 heteroatoms. The van der Waals surface area contributed by atoms with Gasteiger partial charge in [-0.05, 0) is 47.9 Å². The Balaban J connectivity index is 1.50. The molecule has 1 aliphatic heterocycles. The average molecular weight is 350 g/mol. The molecule has 0 bridgehead atoms. The van der Waals surface area contributed by atoms with E-state index in [0.29, 0.717) is 13.0 Å². The van der Waals surface area contributed by atoms with E-state index in [4.69, 9.17) is 4.74 Å². The number of ether oxygens (including phenoxy) is 1. The number of benzene rings is 2. The number of rotatable bonds is 6. The highest BCUT2D eigenvalue weighted by Crippen LogP contribution is 2.21. The molecule has 5 nitrogen and oxygen atoms in total. The first-order valence-corrected chi connectivity index (χ1v) is 8.65. The minimum Gasteiger partial charge on any atom is -0.497 e. The van der Waals surface area contributed by atoms with Gasteiger partial charge in [-0.25, -0.2) is 0 Å². The van der Waals surface area contributed by atoms with Crippen LogP contribution in [0.2, 0.25) is 0 Å². The van der Waals surface area contributed by atoms with Crippen molar-refractivity contribution in [3.05, 3.63) is 65.7 Å². The predicted molar refractivity (Wildman–Crippen MR) is 102 cm³/mol. The number of methoxy groups -OCH3 is 1. The summed E-state index contributed by atoms with van der Waals surface area (Å²) < 4.78 is 5.10. The average Bonchev–Trinajstić information content (AvgIpc) is 3.11. The summed E-state index contributed by atoms with van der Waals surface area (Å²) in [5.74, 6) is 0.806. The molecule has 1 fully saturated rings. The Labute approximate surface area is 153 Å². The van der Waals surface area contributed by atoms with Gasteiger partial charge >= 0.3 is 0 Å². The highest BCUT2D eigenvalue weighted by Gasteiger charge is 2.21. The predicted octanol–water partition coefficient (Wildman–Crippen LogP) is 3.15. The summed E-state index contributed by atoms with van der Waals surface area (Å²) in [5.41, 5.74) is 2.84. The zero-order valence-electron chi connectivity index (χ0n) is 14.8. The Morgan fingerprint density at radius 2 is 1.88 bits per heavy atom. The van der Waals surface area contributed by atoms with Crippen LogP contribution in [0.4, 0.5) is 5.69 Å². The topological polar surface area (TPSA) is 58.6 Å². The van der Waals surface area contributed by atoms with Crippen molar-refractivity contribution < 1.29 is 14.3 Å². The molecule has 134 valence electrons. The molecule has 0 saturated carbocycles. The number of carbonyl (C=O) groups excluding carboxylic acids is 2. The molecule has 1 heterocycles. The van der Waals surface area contributed by atoms with E-state index in [-0.39, 0.29) is 11.8 Å². The number of amides is 2. The van der Waals surface area contributed by atoms with Crippen molar-refractivity contribution in [1.82, 2.24) is 5.32 Å². The Morgan fingerprint density at radius 1 is 1.15 bits per heavy atom. The molecular weight excluding hydrogens is 328 g/mol. The lowest BCUT2D eigenvalue weighted by Gasteiger charge is -2.15. The van der Waals surface area contributed by atoms with Gasteiger partial charge in [-0.15, -0.1) is 0 Å². The number of hydrogen-bond acceptors (Lipinski definition) is 3. The molecule has 0 aliphatic carbocycles. The van der Waals surface area contributed by atoms with Crippen molar-refractivity contribution in [3.8, 4) is 5.75 Å². The molecule has 0 aromatic heterocycles. The number of nitrogens with zero attached hydrogens (tertiary/aromatic N) is 1. The van der Waals surface area contributed by atoms with Gasteiger partial charge in [0.05, 0.1) is 7.11 Å². The van der Waals surface area contributed by atoms with Crippen LogP contribution in [0, 0.1) is 0 Å². The number of anilines is 1. The van der Waals surface area contributed by atoms with Gasteiger partial charge in [0.25, 0.3) is 0 Å². The van der Waals surface area contributed by atoms with Crippen molar-refractivity contribution >= 4 is 23.6 Å². The Morgan fingerprint density at radius 3 is 2.50 bits per heavy atom. The summed E-state index contributed by atoms with van der Waals surface area (Å²) in [4.78, 5) is 25.5. The number of nitrogens with one attached hydrogen (secondary N) is 1. The number of carbonyl (C=O) groups is 2. The molecule has 1 aliphatic rings. The zero-order valence-corrected chi connectivity index (χ0v) is 14.8. The maximum Gasteiger partial charge on any atom is 0.244 e. The summed E-state index contributed by atoms with van der Waals surface area (Å²) in [7, 11) is 1.62. The van der Waals surface area contributed by atoms with Crippen LogP contribution in [0.5, 0.6) is 5.75 Å².